The van der Waals surface area contributed by atoms with Crippen LogP contribution in [-0.2, 0) is 7.05 Å². The summed E-state index contributed by atoms with van der Waals surface area (Å²) in [5, 5.41) is 4.35. The number of benzene rings is 1. The molecule has 0 spiro atoms. The van der Waals surface area contributed by atoms with Crippen molar-refractivity contribution >= 4 is 11.6 Å². The van der Waals surface area contributed by atoms with Gasteiger partial charge in [-0.25, -0.2) is 0 Å². The molecular formula is C17H22N4O. The monoisotopic (exact) mass is 298 g/mol. The second kappa shape index (κ2) is 5.83. The first-order chi connectivity index (χ1) is 10.6. The lowest BCUT2D eigenvalue weighted by Gasteiger charge is -2.36. The zero-order chi connectivity index (χ0) is 15.7. The van der Waals surface area contributed by atoms with Gasteiger partial charge in [0.05, 0.1) is 11.3 Å². The van der Waals surface area contributed by atoms with Gasteiger partial charge in [-0.15, -0.1) is 0 Å². The minimum absolute atomic E-state index is 0.107. The molecular weight excluding hydrogens is 276 g/mol. The number of carbonyl (C=O) groups excluding carboxylic acids is 1. The van der Waals surface area contributed by atoms with Gasteiger partial charge < -0.3 is 9.80 Å². The van der Waals surface area contributed by atoms with E-state index >= 15 is 0 Å². The van der Waals surface area contributed by atoms with Gasteiger partial charge in [-0.2, -0.15) is 5.10 Å². The summed E-state index contributed by atoms with van der Waals surface area (Å²) < 4.78 is 1.78. The molecule has 1 aromatic carbocycles. The highest BCUT2D eigenvalue weighted by Crippen LogP contribution is 2.19. The molecule has 0 radical (unpaired) electrons. The quantitative estimate of drug-likeness (QED) is 0.851. The molecule has 2 aromatic rings. The normalized spacial score (nSPS) is 15.2. The molecule has 22 heavy (non-hydrogen) atoms. The molecule has 5 heteroatoms. The van der Waals surface area contributed by atoms with Crippen molar-refractivity contribution in [3.63, 3.8) is 0 Å². The summed E-state index contributed by atoms with van der Waals surface area (Å²) in [4.78, 5) is 17.0. The second-order valence-electron chi connectivity index (χ2n) is 5.78. The van der Waals surface area contributed by atoms with E-state index in [-0.39, 0.29) is 5.91 Å². The standard InChI is InChI=1S/C17H22N4O/c1-13-16(14(2)19(3)18-13)17(22)21-11-9-20(10-12-21)15-7-5-4-6-8-15/h4-8H,9-12H2,1-3H3. The maximum Gasteiger partial charge on any atom is 0.257 e. The molecule has 2 heterocycles. The van der Waals surface area contributed by atoms with Crippen molar-refractivity contribution in [3.8, 4) is 0 Å². The SMILES string of the molecule is Cc1nn(C)c(C)c1C(=O)N1CCN(c2ccccc2)CC1. The van der Waals surface area contributed by atoms with Crippen molar-refractivity contribution in [1.82, 2.24) is 14.7 Å². The molecule has 1 fully saturated rings. The molecule has 0 aliphatic carbocycles. The van der Waals surface area contributed by atoms with Gasteiger partial charge in [-0.3, -0.25) is 9.48 Å². The van der Waals surface area contributed by atoms with Crippen LogP contribution in [0, 0.1) is 13.8 Å². The number of nitrogens with zero attached hydrogens (tertiary/aromatic N) is 4. The Morgan fingerprint density at radius 3 is 2.23 bits per heavy atom. The largest absolute Gasteiger partial charge is 0.368 e. The molecule has 0 bridgehead atoms. The molecule has 1 aliphatic heterocycles. The molecule has 3 rings (SSSR count). The predicted octanol–water partition coefficient (Wildman–Crippen LogP) is 2.00. The maximum absolute atomic E-state index is 12.8. The van der Waals surface area contributed by atoms with E-state index in [4.69, 9.17) is 0 Å². The van der Waals surface area contributed by atoms with Crippen molar-refractivity contribution in [3.05, 3.63) is 47.3 Å². The van der Waals surface area contributed by atoms with Crippen LogP contribution in [0.1, 0.15) is 21.7 Å². The summed E-state index contributed by atoms with van der Waals surface area (Å²) in [6.45, 7) is 7.10. The fourth-order valence-corrected chi connectivity index (χ4v) is 3.05. The number of anilines is 1. The number of hydrogen-bond donors (Lipinski definition) is 0. The lowest BCUT2D eigenvalue weighted by molar-refractivity contribution is 0.0745. The van der Waals surface area contributed by atoms with E-state index in [0.29, 0.717) is 0 Å². The topological polar surface area (TPSA) is 41.4 Å². The second-order valence-corrected chi connectivity index (χ2v) is 5.78. The third kappa shape index (κ3) is 2.58. The average Bonchev–Trinajstić information content (AvgIpc) is 2.80. The van der Waals surface area contributed by atoms with Gasteiger partial charge in [0.25, 0.3) is 5.91 Å². The number of rotatable bonds is 2. The van der Waals surface area contributed by atoms with Crippen LogP contribution in [-0.4, -0.2) is 46.8 Å². The van der Waals surface area contributed by atoms with E-state index in [9.17, 15) is 4.79 Å². The number of carbonyl (C=O) groups is 1. The van der Waals surface area contributed by atoms with Crippen molar-refractivity contribution in [2.75, 3.05) is 31.1 Å². The van der Waals surface area contributed by atoms with Gasteiger partial charge >= 0.3 is 0 Å². The van der Waals surface area contributed by atoms with E-state index in [1.807, 2.05) is 31.9 Å². The molecule has 1 saturated heterocycles. The third-order valence-corrected chi connectivity index (χ3v) is 4.41. The summed E-state index contributed by atoms with van der Waals surface area (Å²) in [6.07, 6.45) is 0. The fourth-order valence-electron chi connectivity index (χ4n) is 3.05. The lowest BCUT2D eigenvalue weighted by Crippen LogP contribution is -2.49. The number of aromatic nitrogens is 2. The van der Waals surface area contributed by atoms with Gasteiger partial charge in [0.1, 0.15) is 0 Å². The number of piperazine rings is 1. The average molecular weight is 298 g/mol. The van der Waals surface area contributed by atoms with Gasteiger partial charge in [-0.1, -0.05) is 18.2 Å². The summed E-state index contributed by atoms with van der Waals surface area (Å²) in [5.41, 5.74) is 3.74. The van der Waals surface area contributed by atoms with Crippen LogP contribution in [0.4, 0.5) is 5.69 Å². The molecule has 0 unspecified atom stereocenters. The molecule has 0 N–H and O–H groups in total. The Hall–Kier alpha value is -2.30. The Kier molecular flexibility index (Phi) is 3.88. The Morgan fingerprint density at radius 1 is 1.05 bits per heavy atom. The highest BCUT2D eigenvalue weighted by Gasteiger charge is 2.26. The first-order valence-corrected chi connectivity index (χ1v) is 7.67. The van der Waals surface area contributed by atoms with Crippen molar-refractivity contribution in [2.24, 2.45) is 7.05 Å². The van der Waals surface area contributed by atoms with E-state index in [1.165, 1.54) is 5.69 Å². The van der Waals surface area contributed by atoms with Crippen molar-refractivity contribution in [1.29, 1.82) is 0 Å². The highest BCUT2D eigenvalue weighted by molar-refractivity contribution is 5.96. The first kappa shape index (κ1) is 14.6. The molecule has 1 aromatic heterocycles. The van der Waals surface area contributed by atoms with Crippen molar-refractivity contribution < 1.29 is 4.79 Å². The minimum atomic E-state index is 0.107. The van der Waals surface area contributed by atoms with E-state index in [1.54, 1.807) is 4.68 Å². The maximum atomic E-state index is 12.8. The number of aryl methyl sites for hydroxylation is 2. The van der Waals surface area contributed by atoms with Crippen LogP contribution in [0.2, 0.25) is 0 Å². The van der Waals surface area contributed by atoms with Crippen molar-refractivity contribution in [2.45, 2.75) is 13.8 Å². The number of hydrogen-bond acceptors (Lipinski definition) is 3. The molecule has 0 atom stereocenters. The van der Waals surface area contributed by atoms with Crippen LogP contribution in [0.5, 0.6) is 0 Å². The summed E-state index contributed by atoms with van der Waals surface area (Å²) >= 11 is 0. The van der Waals surface area contributed by atoms with Gasteiger partial charge in [-0.05, 0) is 26.0 Å². The van der Waals surface area contributed by atoms with Crippen LogP contribution in [0.15, 0.2) is 30.3 Å². The van der Waals surface area contributed by atoms with E-state index < -0.39 is 0 Å². The van der Waals surface area contributed by atoms with Crippen LogP contribution in [0.3, 0.4) is 0 Å². The number of amides is 1. The van der Waals surface area contributed by atoms with Crippen LogP contribution < -0.4 is 4.90 Å². The number of para-hydroxylation sites is 1. The Balaban J connectivity index is 1.70. The van der Waals surface area contributed by atoms with Gasteiger partial charge in [0, 0.05) is 44.6 Å². The highest BCUT2D eigenvalue weighted by atomic mass is 16.2. The Labute approximate surface area is 131 Å². The summed E-state index contributed by atoms with van der Waals surface area (Å²) in [7, 11) is 1.88. The summed E-state index contributed by atoms with van der Waals surface area (Å²) in [6, 6.07) is 10.4. The minimum Gasteiger partial charge on any atom is -0.368 e. The van der Waals surface area contributed by atoms with E-state index in [0.717, 1.165) is 43.1 Å². The fraction of sp³-hybridized carbons (Fsp3) is 0.412. The lowest BCUT2D eigenvalue weighted by atomic mass is 10.1. The Morgan fingerprint density at radius 2 is 1.68 bits per heavy atom. The smallest absolute Gasteiger partial charge is 0.257 e. The third-order valence-electron chi connectivity index (χ3n) is 4.41. The van der Waals surface area contributed by atoms with Gasteiger partial charge in [0.15, 0.2) is 0 Å². The van der Waals surface area contributed by atoms with E-state index in [2.05, 4.69) is 34.3 Å². The molecule has 0 saturated carbocycles. The molecule has 1 aliphatic rings. The zero-order valence-electron chi connectivity index (χ0n) is 13.4. The molecule has 116 valence electrons. The first-order valence-electron chi connectivity index (χ1n) is 7.67. The summed E-state index contributed by atoms with van der Waals surface area (Å²) in [5.74, 6) is 0.107. The molecule has 1 amide bonds. The predicted molar refractivity (Wildman–Crippen MR) is 87.2 cm³/mol. The van der Waals surface area contributed by atoms with Crippen LogP contribution in [0.25, 0.3) is 0 Å². The zero-order valence-corrected chi connectivity index (χ0v) is 13.4. The molecule has 5 nitrogen and oxygen atoms in total. The van der Waals surface area contributed by atoms with Gasteiger partial charge in [0.2, 0.25) is 0 Å². The Bertz CT molecular complexity index is 669. The van der Waals surface area contributed by atoms with Crippen LogP contribution >= 0.6 is 0 Å².